The first-order valence-corrected chi connectivity index (χ1v) is 15.2. The molecule has 4 nitrogen and oxygen atoms in total. The highest BCUT2D eigenvalue weighted by molar-refractivity contribution is 9.11. The van der Waals surface area contributed by atoms with Crippen LogP contribution >= 0.6 is 54.5 Å². The van der Waals surface area contributed by atoms with Gasteiger partial charge in [0.2, 0.25) is 0 Å². The fraction of sp³-hybridized carbons (Fsp3) is 0.310. The Labute approximate surface area is 244 Å². The van der Waals surface area contributed by atoms with Gasteiger partial charge in [-0.1, -0.05) is 33.1 Å². The maximum atomic E-state index is 9.91. The van der Waals surface area contributed by atoms with Gasteiger partial charge in [0.1, 0.15) is 23.6 Å². The summed E-state index contributed by atoms with van der Waals surface area (Å²) in [5.41, 5.74) is 2.59. The van der Waals surface area contributed by atoms with Crippen LogP contribution in [0.1, 0.15) is 60.4 Å². The van der Waals surface area contributed by atoms with E-state index in [2.05, 4.69) is 57.8 Å². The Bertz CT molecular complexity index is 1360. The molecule has 1 unspecified atom stereocenters. The third-order valence-electron chi connectivity index (χ3n) is 5.90. The number of methoxy groups -OCH3 is 1. The van der Waals surface area contributed by atoms with Gasteiger partial charge in [-0.2, -0.15) is 10.5 Å². The molecule has 3 aromatic rings. The van der Waals surface area contributed by atoms with E-state index in [1.165, 1.54) is 29.1 Å². The molecule has 8 heteroatoms. The number of rotatable bonds is 12. The average Bonchev–Trinajstić information content (AvgIpc) is 3.54. The number of hydrogen-bond acceptors (Lipinski definition) is 6. The van der Waals surface area contributed by atoms with Crippen LogP contribution in [-0.4, -0.2) is 13.7 Å². The zero-order valence-corrected chi connectivity index (χ0v) is 25.8. The SMILES string of the molecule is CCCCC(CC)COc1cc(/C=C(\C#N)c2ccc(Br)s2)c(OC)cc1/C=C(/C#N)c1ccc(Br)s1. The van der Waals surface area contributed by atoms with Crippen molar-refractivity contribution in [3.05, 3.63) is 64.9 Å². The van der Waals surface area contributed by atoms with E-state index in [4.69, 9.17) is 9.47 Å². The molecule has 0 aliphatic rings. The molecule has 2 aromatic heterocycles. The molecular formula is C29H28Br2N2O2S2. The Balaban J connectivity index is 2.10. The maximum Gasteiger partial charge on any atom is 0.127 e. The molecule has 0 saturated carbocycles. The summed E-state index contributed by atoms with van der Waals surface area (Å²) in [6.45, 7) is 4.97. The van der Waals surface area contributed by atoms with E-state index in [0.29, 0.717) is 35.2 Å². The average molecular weight is 660 g/mol. The van der Waals surface area contributed by atoms with Crippen molar-refractivity contribution in [2.45, 2.75) is 39.5 Å². The standard InChI is InChI=1S/C29H28Br2N2O2S2/c1-4-6-7-19(5-2)18-35-25-15-20(12-22(16-32)26-8-10-28(30)36-26)24(34-3)14-21(25)13-23(17-33)27-9-11-29(31)37-27/h8-15,19H,4-7,18H2,1-3H3/b22-12+,23-13-. The van der Waals surface area contributed by atoms with Gasteiger partial charge >= 0.3 is 0 Å². The van der Waals surface area contributed by atoms with E-state index in [-0.39, 0.29) is 0 Å². The Morgan fingerprint density at radius 3 is 1.89 bits per heavy atom. The van der Waals surface area contributed by atoms with Gasteiger partial charge in [0.25, 0.3) is 0 Å². The molecule has 2 heterocycles. The number of halogens is 2. The number of allylic oxidation sites excluding steroid dienone is 2. The predicted molar refractivity (Wildman–Crippen MR) is 163 cm³/mol. The molecule has 37 heavy (non-hydrogen) atoms. The Hall–Kier alpha value is -2.36. The quantitative estimate of drug-likeness (QED) is 0.182. The third kappa shape index (κ3) is 8.06. The van der Waals surface area contributed by atoms with Gasteiger partial charge in [0.15, 0.2) is 0 Å². The number of hydrogen-bond donors (Lipinski definition) is 0. The fourth-order valence-corrected chi connectivity index (χ4v) is 6.47. The Kier molecular flexibility index (Phi) is 11.5. The van der Waals surface area contributed by atoms with E-state index in [1.54, 1.807) is 7.11 Å². The van der Waals surface area contributed by atoms with Gasteiger partial charge < -0.3 is 9.47 Å². The smallest absolute Gasteiger partial charge is 0.127 e. The largest absolute Gasteiger partial charge is 0.496 e. The van der Waals surface area contributed by atoms with Crippen LogP contribution < -0.4 is 9.47 Å². The van der Waals surface area contributed by atoms with Crippen molar-refractivity contribution in [3.8, 4) is 23.6 Å². The number of ether oxygens (including phenoxy) is 2. The predicted octanol–water partition coefficient (Wildman–Crippen LogP) is 10.1. The molecule has 0 aliphatic carbocycles. The first-order valence-electron chi connectivity index (χ1n) is 12.0. The van der Waals surface area contributed by atoms with E-state index in [0.717, 1.165) is 47.7 Å². The summed E-state index contributed by atoms with van der Waals surface area (Å²) >= 11 is 9.97. The molecule has 3 rings (SSSR count). The van der Waals surface area contributed by atoms with Gasteiger partial charge in [-0.05, 0) is 92.7 Å². The Morgan fingerprint density at radius 2 is 1.46 bits per heavy atom. The van der Waals surface area contributed by atoms with Crippen molar-refractivity contribution >= 4 is 77.8 Å². The molecule has 0 saturated heterocycles. The monoisotopic (exact) mass is 658 g/mol. The molecule has 0 N–H and O–H groups in total. The summed E-state index contributed by atoms with van der Waals surface area (Å²) in [6.07, 6.45) is 8.14. The highest BCUT2D eigenvalue weighted by Crippen LogP contribution is 2.37. The molecule has 0 spiro atoms. The molecule has 0 radical (unpaired) electrons. The maximum absolute atomic E-state index is 9.91. The van der Waals surface area contributed by atoms with Crippen molar-refractivity contribution in [1.29, 1.82) is 10.5 Å². The van der Waals surface area contributed by atoms with Gasteiger partial charge in [-0.3, -0.25) is 0 Å². The number of benzene rings is 1. The topological polar surface area (TPSA) is 66.0 Å². The second kappa shape index (κ2) is 14.5. The number of nitriles is 2. The zero-order valence-electron chi connectivity index (χ0n) is 21.0. The van der Waals surface area contributed by atoms with Crippen molar-refractivity contribution in [1.82, 2.24) is 0 Å². The highest BCUT2D eigenvalue weighted by atomic mass is 79.9. The first-order chi connectivity index (χ1) is 17.9. The lowest BCUT2D eigenvalue weighted by Gasteiger charge is -2.18. The number of nitrogens with zero attached hydrogens (tertiary/aromatic N) is 2. The van der Waals surface area contributed by atoms with Crippen LogP contribution in [0.15, 0.2) is 44.0 Å². The van der Waals surface area contributed by atoms with Crippen LogP contribution in [0.5, 0.6) is 11.5 Å². The van der Waals surface area contributed by atoms with Crippen LogP contribution in [0.4, 0.5) is 0 Å². The van der Waals surface area contributed by atoms with Gasteiger partial charge in [-0.15, -0.1) is 22.7 Å². The van der Waals surface area contributed by atoms with Crippen molar-refractivity contribution in [2.24, 2.45) is 5.92 Å². The molecule has 0 amide bonds. The second-order valence-corrected chi connectivity index (χ2v) is 13.3. The minimum atomic E-state index is 0.444. The molecular weight excluding hydrogens is 632 g/mol. The van der Waals surface area contributed by atoms with E-state index < -0.39 is 0 Å². The minimum absolute atomic E-state index is 0.444. The van der Waals surface area contributed by atoms with Crippen LogP contribution in [-0.2, 0) is 0 Å². The second-order valence-electron chi connectivity index (χ2n) is 8.41. The molecule has 1 atom stereocenters. The van der Waals surface area contributed by atoms with Crippen molar-refractivity contribution in [2.75, 3.05) is 13.7 Å². The molecule has 0 fully saturated rings. The van der Waals surface area contributed by atoms with Crippen LogP contribution in [0.2, 0.25) is 0 Å². The van der Waals surface area contributed by atoms with Gasteiger partial charge in [0, 0.05) is 20.9 Å². The Morgan fingerprint density at radius 1 is 0.919 bits per heavy atom. The van der Waals surface area contributed by atoms with Gasteiger partial charge in [0.05, 0.1) is 32.4 Å². The van der Waals surface area contributed by atoms with Crippen molar-refractivity contribution < 1.29 is 9.47 Å². The third-order valence-corrected chi connectivity index (χ3v) is 9.21. The zero-order chi connectivity index (χ0) is 26.8. The van der Waals surface area contributed by atoms with Gasteiger partial charge in [-0.25, -0.2) is 0 Å². The van der Waals surface area contributed by atoms with E-state index in [9.17, 15) is 10.5 Å². The van der Waals surface area contributed by atoms with Crippen LogP contribution in [0, 0.1) is 28.6 Å². The van der Waals surface area contributed by atoms with E-state index >= 15 is 0 Å². The summed E-state index contributed by atoms with van der Waals surface area (Å²) in [5, 5.41) is 19.8. The summed E-state index contributed by atoms with van der Waals surface area (Å²) in [6, 6.07) is 16.1. The lowest BCUT2D eigenvalue weighted by molar-refractivity contribution is 0.232. The minimum Gasteiger partial charge on any atom is -0.496 e. The fourth-order valence-electron chi connectivity index (χ4n) is 3.77. The summed E-state index contributed by atoms with van der Waals surface area (Å²) in [7, 11) is 1.61. The number of unbranched alkanes of at least 4 members (excludes halogenated alkanes) is 1. The van der Waals surface area contributed by atoms with Crippen molar-refractivity contribution in [3.63, 3.8) is 0 Å². The normalized spacial score (nSPS) is 12.6. The summed E-state index contributed by atoms with van der Waals surface area (Å²) in [5.74, 6) is 1.71. The van der Waals surface area contributed by atoms with Crippen LogP contribution in [0.25, 0.3) is 23.3 Å². The summed E-state index contributed by atoms with van der Waals surface area (Å²) in [4.78, 5) is 1.73. The van der Waals surface area contributed by atoms with E-state index in [1.807, 2.05) is 48.6 Å². The molecule has 1 aromatic carbocycles. The molecule has 0 aliphatic heterocycles. The highest BCUT2D eigenvalue weighted by Gasteiger charge is 2.16. The molecule has 192 valence electrons. The summed E-state index contributed by atoms with van der Waals surface area (Å²) < 4.78 is 14.0. The lowest BCUT2D eigenvalue weighted by Crippen LogP contribution is -2.12. The first kappa shape index (κ1) is 29.2. The van der Waals surface area contributed by atoms with Crippen LogP contribution in [0.3, 0.4) is 0 Å². The number of thiophene rings is 2. The lowest BCUT2D eigenvalue weighted by atomic mass is 10.00. The molecule has 0 bridgehead atoms.